The fraction of sp³-hybridized carbons (Fsp3) is 0.500. The van der Waals surface area contributed by atoms with Crippen molar-refractivity contribution in [1.82, 2.24) is 5.32 Å². The monoisotopic (exact) mass is 362 g/mol. The molecule has 20 heavy (non-hydrogen) atoms. The summed E-state index contributed by atoms with van der Waals surface area (Å²) in [6, 6.07) is 7.47. The molecule has 2 rings (SSSR count). The maximum atomic E-state index is 12.1. The summed E-state index contributed by atoms with van der Waals surface area (Å²) < 4.78 is 5.96. The summed E-state index contributed by atoms with van der Waals surface area (Å²) in [5, 5.41) is 3.09. The fourth-order valence-corrected chi connectivity index (χ4v) is 2.63. The van der Waals surface area contributed by atoms with E-state index >= 15 is 0 Å². The van der Waals surface area contributed by atoms with Crippen molar-refractivity contribution in [3.05, 3.63) is 34.3 Å². The van der Waals surface area contributed by atoms with Crippen LogP contribution in [0.1, 0.15) is 24.8 Å². The van der Waals surface area contributed by atoms with E-state index in [9.17, 15) is 4.79 Å². The predicted octanol–water partition coefficient (Wildman–Crippen LogP) is 2.34. The molecule has 4 nitrogen and oxygen atoms in total. The van der Waals surface area contributed by atoms with Gasteiger partial charge >= 0.3 is 0 Å². The van der Waals surface area contributed by atoms with Crippen molar-refractivity contribution in [2.75, 3.05) is 13.7 Å². The number of benzene rings is 1. The third-order valence-electron chi connectivity index (χ3n) is 3.65. The van der Waals surface area contributed by atoms with Gasteiger partial charge in [0.2, 0.25) is 5.91 Å². The summed E-state index contributed by atoms with van der Waals surface area (Å²) in [7, 11) is 1.54. The number of hydrogen-bond acceptors (Lipinski definition) is 3. The van der Waals surface area contributed by atoms with Gasteiger partial charge in [-0.25, -0.2) is 0 Å². The highest BCUT2D eigenvalue weighted by Crippen LogP contribution is 2.41. The third-order valence-corrected chi connectivity index (χ3v) is 4.18. The molecule has 0 aromatic heterocycles. The molecule has 0 heterocycles. The Hall–Kier alpha value is -0.620. The Balaban J connectivity index is 0.00000200. The Bertz CT molecular complexity index is 449. The smallest absolute Gasteiger partial charge is 0.239 e. The number of nitrogens with two attached hydrogens (primary N) is 1. The van der Waals surface area contributed by atoms with Crippen LogP contribution in [0.3, 0.4) is 0 Å². The molecule has 1 amide bonds. The van der Waals surface area contributed by atoms with E-state index in [2.05, 4.69) is 21.2 Å². The van der Waals surface area contributed by atoms with Crippen LogP contribution in [0.5, 0.6) is 0 Å². The van der Waals surface area contributed by atoms with Gasteiger partial charge in [-0.05, 0) is 37.0 Å². The Morgan fingerprint density at radius 2 is 2.05 bits per heavy atom. The van der Waals surface area contributed by atoms with Crippen molar-refractivity contribution in [2.24, 2.45) is 5.73 Å². The van der Waals surface area contributed by atoms with Crippen LogP contribution < -0.4 is 11.1 Å². The Morgan fingerprint density at radius 1 is 1.45 bits per heavy atom. The molecule has 3 N–H and O–H groups in total. The lowest BCUT2D eigenvalue weighted by Gasteiger charge is -2.43. The molecule has 1 aliphatic carbocycles. The summed E-state index contributed by atoms with van der Waals surface area (Å²) in [5.41, 5.74) is 6.66. The zero-order valence-electron chi connectivity index (χ0n) is 11.4. The molecular weight excluding hydrogens is 344 g/mol. The number of hydrogen-bond donors (Lipinski definition) is 2. The van der Waals surface area contributed by atoms with Crippen LogP contribution in [-0.4, -0.2) is 25.7 Å². The quantitative estimate of drug-likeness (QED) is 0.844. The maximum Gasteiger partial charge on any atom is 0.239 e. The van der Waals surface area contributed by atoms with Crippen molar-refractivity contribution >= 4 is 34.2 Å². The standard InChI is InChI=1S/C14H19BrN2O2.ClH/c1-19-9-12(16)13(18)17-14(7-2-8-14)10-3-5-11(15)6-4-10;/h3-6,12H,2,7-9,16H2,1H3,(H,17,18);1H. The molecule has 1 saturated carbocycles. The molecular formula is C14H20BrClN2O2. The first-order chi connectivity index (χ1) is 9.07. The molecule has 0 bridgehead atoms. The van der Waals surface area contributed by atoms with Crippen LogP contribution in [0.25, 0.3) is 0 Å². The minimum atomic E-state index is -0.613. The van der Waals surface area contributed by atoms with Gasteiger partial charge in [0.15, 0.2) is 0 Å². The molecule has 1 atom stereocenters. The van der Waals surface area contributed by atoms with Crippen molar-refractivity contribution in [3.63, 3.8) is 0 Å². The maximum absolute atomic E-state index is 12.1. The number of carbonyl (C=O) groups is 1. The van der Waals surface area contributed by atoms with E-state index < -0.39 is 6.04 Å². The first kappa shape index (κ1) is 17.4. The van der Waals surface area contributed by atoms with Gasteiger partial charge in [0.1, 0.15) is 6.04 Å². The zero-order valence-corrected chi connectivity index (χ0v) is 13.8. The second kappa shape index (κ2) is 7.41. The Kier molecular flexibility index (Phi) is 6.45. The summed E-state index contributed by atoms with van der Waals surface area (Å²) >= 11 is 3.42. The van der Waals surface area contributed by atoms with Gasteiger partial charge in [-0.3, -0.25) is 4.79 Å². The fourth-order valence-electron chi connectivity index (χ4n) is 2.37. The molecule has 112 valence electrons. The van der Waals surface area contributed by atoms with Gasteiger partial charge in [-0.1, -0.05) is 28.1 Å². The van der Waals surface area contributed by atoms with Crippen LogP contribution in [0, 0.1) is 0 Å². The van der Waals surface area contributed by atoms with E-state index in [0.29, 0.717) is 0 Å². The van der Waals surface area contributed by atoms with Crippen LogP contribution >= 0.6 is 28.3 Å². The van der Waals surface area contributed by atoms with Crippen molar-refractivity contribution < 1.29 is 9.53 Å². The van der Waals surface area contributed by atoms with E-state index in [1.807, 2.05) is 24.3 Å². The minimum Gasteiger partial charge on any atom is -0.383 e. The number of nitrogens with one attached hydrogen (secondary N) is 1. The van der Waals surface area contributed by atoms with E-state index in [0.717, 1.165) is 29.3 Å². The van der Waals surface area contributed by atoms with Crippen LogP contribution in [0.2, 0.25) is 0 Å². The van der Waals surface area contributed by atoms with E-state index in [-0.39, 0.29) is 30.5 Å². The molecule has 1 aromatic rings. The second-order valence-corrected chi connectivity index (χ2v) is 5.91. The summed E-state index contributed by atoms with van der Waals surface area (Å²) in [6.07, 6.45) is 3.04. The van der Waals surface area contributed by atoms with E-state index in [1.54, 1.807) is 7.11 Å². The highest BCUT2D eigenvalue weighted by Gasteiger charge is 2.40. The van der Waals surface area contributed by atoms with E-state index in [4.69, 9.17) is 10.5 Å². The lowest BCUT2D eigenvalue weighted by atomic mass is 9.71. The summed E-state index contributed by atoms with van der Waals surface area (Å²) in [4.78, 5) is 12.1. The largest absolute Gasteiger partial charge is 0.383 e. The zero-order chi connectivity index (χ0) is 13.9. The van der Waals surface area contributed by atoms with E-state index in [1.165, 1.54) is 0 Å². The highest BCUT2D eigenvalue weighted by molar-refractivity contribution is 9.10. The average Bonchev–Trinajstić information content (AvgIpc) is 2.35. The molecule has 0 saturated heterocycles. The number of methoxy groups -OCH3 is 1. The van der Waals surface area contributed by atoms with Crippen molar-refractivity contribution in [3.8, 4) is 0 Å². The Labute approximate surface area is 134 Å². The summed E-state index contributed by atoms with van der Waals surface area (Å²) in [5.74, 6) is -0.149. The second-order valence-electron chi connectivity index (χ2n) is 4.99. The lowest BCUT2D eigenvalue weighted by Crippen LogP contribution is -2.56. The van der Waals surface area contributed by atoms with Gasteiger partial charge in [-0.2, -0.15) is 0 Å². The van der Waals surface area contributed by atoms with Crippen molar-refractivity contribution in [1.29, 1.82) is 0 Å². The number of halogens is 2. The highest BCUT2D eigenvalue weighted by atomic mass is 79.9. The normalized spacial score (nSPS) is 17.6. The van der Waals surface area contributed by atoms with Gasteiger partial charge in [0.05, 0.1) is 12.1 Å². The number of rotatable bonds is 5. The first-order valence-electron chi connectivity index (χ1n) is 6.40. The number of carbonyl (C=O) groups excluding carboxylic acids is 1. The van der Waals surface area contributed by atoms with Crippen LogP contribution in [0.15, 0.2) is 28.7 Å². The van der Waals surface area contributed by atoms with Gasteiger partial charge in [0, 0.05) is 11.6 Å². The average molecular weight is 364 g/mol. The minimum absolute atomic E-state index is 0. The Morgan fingerprint density at radius 3 is 2.50 bits per heavy atom. The molecule has 1 unspecified atom stereocenters. The molecule has 6 heteroatoms. The van der Waals surface area contributed by atoms with Gasteiger partial charge in [-0.15, -0.1) is 12.4 Å². The summed E-state index contributed by atoms with van der Waals surface area (Å²) in [6.45, 7) is 0.238. The predicted molar refractivity (Wildman–Crippen MR) is 84.9 cm³/mol. The molecule has 0 spiro atoms. The lowest BCUT2D eigenvalue weighted by molar-refractivity contribution is -0.126. The van der Waals surface area contributed by atoms with Crippen LogP contribution in [-0.2, 0) is 15.1 Å². The molecule has 1 fully saturated rings. The first-order valence-corrected chi connectivity index (χ1v) is 7.19. The van der Waals surface area contributed by atoms with Crippen molar-refractivity contribution in [2.45, 2.75) is 30.8 Å². The van der Waals surface area contributed by atoms with Crippen LogP contribution in [0.4, 0.5) is 0 Å². The molecule has 0 radical (unpaired) electrons. The van der Waals surface area contributed by atoms with Gasteiger partial charge < -0.3 is 15.8 Å². The number of amides is 1. The number of ether oxygens (including phenoxy) is 1. The molecule has 0 aliphatic heterocycles. The third kappa shape index (κ3) is 3.73. The SMILES string of the molecule is COCC(N)C(=O)NC1(c2ccc(Br)cc2)CCC1.Cl. The van der Waals surface area contributed by atoms with Gasteiger partial charge in [0.25, 0.3) is 0 Å². The topological polar surface area (TPSA) is 64.3 Å². The molecule has 1 aromatic carbocycles. The molecule has 1 aliphatic rings.